The Hall–Kier alpha value is -0.0800. The van der Waals surface area contributed by atoms with Crippen LogP contribution in [0.4, 0.5) is 0 Å². The summed E-state index contributed by atoms with van der Waals surface area (Å²) in [5.74, 6) is 0. The lowest BCUT2D eigenvalue weighted by Crippen LogP contribution is -2.42. The van der Waals surface area contributed by atoms with E-state index in [2.05, 4.69) is 18.9 Å². The van der Waals surface area contributed by atoms with Gasteiger partial charge >= 0.3 is 0 Å². The summed E-state index contributed by atoms with van der Waals surface area (Å²) in [5.41, 5.74) is -0.453. The highest BCUT2D eigenvalue weighted by Crippen LogP contribution is 2.26. The zero-order valence-corrected chi connectivity index (χ0v) is 9.92. The van der Waals surface area contributed by atoms with Crippen molar-refractivity contribution in [2.24, 2.45) is 0 Å². The van der Waals surface area contributed by atoms with Gasteiger partial charge < -0.3 is 10.0 Å². The molecule has 1 fully saturated rings. The monoisotopic (exact) mass is 199 g/mol. The first-order chi connectivity index (χ1) is 6.55. The van der Waals surface area contributed by atoms with E-state index in [-0.39, 0.29) is 0 Å². The van der Waals surface area contributed by atoms with Gasteiger partial charge in [0, 0.05) is 6.04 Å². The lowest BCUT2D eigenvalue weighted by molar-refractivity contribution is 0.00665. The molecule has 0 amide bonds. The van der Waals surface area contributed by atoms with Crippen LogP contribution >= 0.6 is 0 Å². The Morgan fingerprint density at radius 1 is 1.43 bits per heavy atom. The number of likely N-dealkylation sites (tertiary alicyclic amines) is 1. The normalized spacial score (nSPS) is 28.7. The first-order valence-corrected chi connectivity index (χ1v) is 5.98. The van der Waals surface area contributed by atoms with Crippen LogP contribution in [0.3, 0.4) is 0 Å². The highest BCUT2D eigenvalue weighted by atomic mass is 16.3. The fraction of sp³-hybridized carbons (Fsp3) is 1.00. The Labute approximate surface area is 88.3 Å². The molecule has 0 bridgehead atoms. The molecule has 2 unspecified atom stereocenters. The van der Waals surface area contributed by atoms with Crippen molar-refractivity contribution < 1.29 is 5.11 Å². The van der Waals surface area contributed by atoms with Crippen molar-refractivity contribution in [3.8, 4) is 0 Å². The van der Waals surface area contributed by atoms with E-state index in [4.69, 9.17) is 0 Å². The molecule has 0 aromatic carbocycles. The molecule has 84 valence electrons. The van der Waals surface area contributed by atoms with Crippen molar-refractivity contribution in [1.82, 2.24) is 4.90 Å². The molecular weight excluding hydrogens is 174 g/mol. The fourth-order valence-corrected chi connectivity index (χ4v) is 2.55. The van der Waals surface area contributed by atoms with E-state index in [1.165, 1.54) is 25.8 Å². The van der Waals surface area contributed by atoms with Gasteiger partial charge in [0.25, 0.3) is 0 Å². The van der Waals surface area contributed by atoms with Crippen molar-refractivity contribution in [3.63, 3.8) is 0 Å². The topological polar surface area (TPSA) is 23.5 Å². The quantitative estimate of drug-likeness (QED) is 0.751. The van der Waals surface area contributed by atoms with Gasteiger partial charge in [-0.25, -0.2) is 0 Å². The van der Waals surface area contributed by atoms with Crippen LogP contribution in [0.25, 0.3) is 0 Å². The lowest BCUT2D eigenvalue weighted by atomic mass is 9.88. The van der Waals surface area contributed by atoms with E-state index < -0.39 is 5.60 Å². The molecule has 1 aliphatic rings. The van der Waals surface area contributed by atoms with E-state index in [1.807, 2.05) is 6.92 Å². The largest absolute Gasteiger partial charge is 0.390 e. The predicted octanol–water partition coefficient (Wildman–Crippen LogP) is 2.41. The maximum Gasteiger partial charge on any atom is 0.0634 e. The highest BCUT2D eigenvalue weighted by Gasteiger charge is 2.28. The van der Waals surface area contributed by atoms with Crippen LogP contribution in [0.2, 0.25) is 0 Å². The maximum atomic E-state index is 10.2. The van der Waals surface area contributed by atoms with E-state index in [0.29, 0.717) is 6.04 Å². The SMILES string of the molecule is CCCC(C)(O)CC1CCCCN1C. The van der Waals surface area contributed by atoms with Gasteiger partial charge in [-0.15, -0.1) is 0 Å². The number of rotatable bonds is 4. The van der Waals surface area contributed by atoms with Crippen molar-refractivity contribution in [2.75, 3.05) is 13.6 Å². The summed E-state index contributed by atoms with van der Waals surface area (Å²) in [7, 11) is 2.19. The van der Waals surface area contributed by atoms with Crippen LogP contribution in [0.1, 0.15) is 52.4 Å². The first-order valence-electron chi connectivity index (χ1n) is 5.98. The second kappa shape index (κ2) is 5.13. The molecule has 1 rings (SSSR count). The summed E-state index contributed by atoms with van der Waals surface area (Å²) in [6.07, 6.45) is 6.86. The third kappa shape index (κ3) is 3.58. The van der Waals surface area contributed by atoms with Crippen molar-refractivity contribution in [1.29, 1.82) is 0 Å². The molecule has 1 aliphatic heterocycles. The molecule has 2 atom stereocenters. The maximum absolute atomic E-state index is 10.2. The van der Waals surface area contributed by atoms with Gasteiger partial charge in [0.2, 0.25) is 0 Å². The van der Waals surface area contributed by atoms with Crippen molar-refractivity contribution in [3.05, 3.63) is 0 Å². The Balaban J connectivity index is 2.40. The smallest absolute Gasteiger partial charge is 0.0634 e. The molecule has 0 aromatic rings. The minimum atomic E-state index is -0.453. The van der Waals surface area contributed by atoms with Crippen LogP contribution in [0.5, 0.6) is 0 Å². The second-order valence-electron chi connectivity index (χ2n) is 5.08. The van der Waals surface area contributed by atoms with Crippen LogP contribution in [-0.2, 0) is 0 Å². The standard InChI is InChI=1S/C12H25NO/c1-4-8-12(2,14)10-11-7-5-6-9-13(11)3/h11,14H,4-10H2,1-3H3. The van der Waals surface area contributed by atoms with Crippen LogP contribution in [-0.4, -0.2) is 35.2 Å². The third-order valence-electron chi connectivity index (χ3n) is 3.39. The summed E-state index contributed by atoms with van der Waals surface area (Å²) < 4.78 is 0. The average molecular weight is 199 g/mol. The molecule has 0 saturated carbocycles. The molecule has 2 heteroatoms. The highest BCUT2D eigenvalue weighted by molar-refractivity contribution is 4.83. The summed E-state index contributed by atoms with van der Waals surface area (Å²) >= 11 is 0. The Kier molecular flexibility index (Phi) is 4.39. The van der Waals surface area contributed by atoms with Crippen molar-refractivity contribution >= 4 is 0 Å². The molecule has 1 N–H and O–H groups in total. The number of hydrogen-bond acceptors (Lipinski definition) is 2. The average Bonchev–Trinajstić information content (AvgIpc) is 2.08. The fourth-order valence-electron chi connectivity index (χ4n) is 2.55. The van der Waals surface area contributed by atoms with Crippen LogP contribution in [0, 0.1) is 0 Å². The van der Waals surface area contributed by atoms with Gasteiger partial charge in [-0.05, 0) is 46.2 Å². The molecule has 2 nitrogen and oxygen atoms in total. The molecule has 0 spiro atoms. The number of aliphatic hydroxyl groups is 1. The van der Waals surface area contributed by atoms with E-state index in [9.17, 15) is 5.11 Å². The molecule has 0 aromatic heterocycles. The van der Waals surface area contributed by atoms with E-state index in [0.717, 1.165) is 19.3 Å². The van der Waals surface area contributed by atoms with Gasteiger partial charge in [0.1, 0.15) is 0 Å². The molecule has 0 radical (unpaired) electrons. The molecule has 1 heterocycles. The van der Waals surface area contributed by atoms with E-state index >= 15 is 0 Å². The predicted molar refractivity (Wildman–Crippen MR) is 60.4 cm³/mol. The Morgan fingerprint density at radius 2 is 2.14 bits per heavy atom. The number of hydrogen-bond donors (Lipinski definition) is 1. The Bertz CT molecular complexity index is 168. The van der Waals surface area contributed by atoms with E-state index in [1.54, 1.807) is 0 Å². The third-order valence-corrected chi connectivity index (χ3v) is 3.39. The minimum absolute atomic E-state index is 0.453. The lowest BCUT2D eigenvalue weighted by Gasteiger charge is -2.37. The summed E-state index contributed by atoms with van der Waals surface area (Å²) in [6, 6.07) is 0.602. The second-order valence-corrected chi connectivity index (χ2v) is 5.08. The van der Waals surface area contributed by atoms with Gasteiger partial charge in [-0.3, -0.25) is 0 Å². The zero-order chi connectivity index (χ0) is 10.6. The number of piperidine rings is 1. The zero-order valence-electron chi connectivity index (χ0n) is 9.92. The molecule has 1 saturated heterocycles. The van der Waals surface area contributed by atoms with Gasteiger partial charge in [0.15, 0.2) is 0 Å². The molecular formula is C12H25NO. The molecule has 14 heavy (non-hydrogen) atoms. The van der Waals surface area contributed by atoms with Gasteiger partial charge in [-0.1, -0.05) is 19.8 Å². The Morgan fingerprint density at radius 3 is 2.71 bits per heavy atom. The number of nitrogens with zero attached hydrogens (tertiary/aromatic N) is 1. The summed E-state index contributed by atoms with van der Waals surface area (Å²) in [6.45, 7) is 5.32. The van der Waals surface area contributed by atoms with Crippen LogP contribution < -0.4 is 0 Å². The van der Waals surface area contributed by atoms with Crippen molar-refractivity contribution in [2.45, 2.75) is 64.0 Å². The first kappa shape index (κ1) is 12.0. The van der Waals surface area contributed by atoms with Gasteiger partial charge in [0.05, 0.1) is 5.60 Å². The minimum Gasteiger partial charge on any atom is -0.390 e. The summed E-state index contributed by atoms with van der Waals surface area (Å²) in [5, 5.41) is 10.2. The van der Waals surface area contributed by atoms with Crippen LogP contribution in [0.15, 0.2) is 0 Å². The van der Waals surface area contributed by atoms with Gasteiger partial charge in [-0.2, -0.15) is 0 Å². The molecule has 0 aliphatic carbocycles. The summed E-state index contributed by atoms with van der Waals surface area (Å²) in [4.78, 5) is 2.41.